The summed E-state index contributed by atoms with van der Waals surface area (Å²) in [5.74, 6) is 0.879. The summed E-state index contributed by atoms with van der Waals surface area (Å²) in [6.45, 7) is 0. The molecule has 1 N–H and O–H groups in total. The molecule has 92 valence electrons. The second-order valence-electron chi connectivity index (χ2n) is 4.68. The molecule has 4 rings (SSSR count). The number of aromatic nitrogens is 2. The van der Waals surface area contributed by atoms with Crippen LogP contribution in [0.5, 0.6) is 0 Å². The average Bonchev–Trinajstić information content (AvgIpc) is 3.04. The Hall–Kier alpha value is -2.55. The highest BCUT2D eigenvalue weighted by atomic mass is 16.4. The Morgan fingerprint density at radius 1 is 1.00 bits per heavy atom. The van der Waals surface area contributed by atoms with Gasteiger partial charge in [0.25, 0.3) is 5.52 Å². The van der Waals surface area contributed by atoms with Crippen LogP contribution in [-0.2, 0) is 7.05 Å². The van der Waals surface area contributed by atoms with Gasteiger partial charge in [0.2, 0.25) is 5.58 Å². The number of aromatic amines is 1. The molecule has 3 heteroatoms. The lowest BCUT2D eigenvalue weighted by molar-refractivity contribution is -0.636. The number of aryl methyl sites for hydroxylation is 1. The van der Waals surface area contributed by atoms with Crippen molar-refractivity contribution in [3.05, 3.63) is 54.7 Å². The summed E-state index contributed by atoms with van der Waals surface area (Å²) >= 11 is 0. The summed E-state index contributed by atoms with van der Waals surface area (Å²) in [4.78, 5) is 3.23. The summed E-state index contributed by atoms with van der Waals surface area (Å²) in [7, 11) is 2.04. The average molecular weight is 249 g/mol. The van der Waals surface area contributed by atoms with Gasteiger partial charge in [0.15, 0.2) is 0 Å². The van der Waals surface area contributed by atoms with E-state index >= 15 is 0 Å². The van der Waals surface area contributed by atoms with Gasteiger partial charge in [-0.1, -0.05) is 18.2 Å². The lowest BCUT2D eigenvalue weighted by Crippen LogP contribution is -2.28. The van der Waals surface area contributed by atoms with Gasteiger partial charge in [-0.25, -0.2) is 0 Å². The highest BCUT2D eigenvalue weighted by molar-refractivity contribution is 6.00. The van der Waals surface area contributed by atoms with Crippen molar-refractivity contribution in [2.75, 3.05) is 0 Å². The smallest absolute Gasteiger partial charge is 0.381 e. The second-order valence-corrected chi connectivity index (χ2v) is 4.68. The van der Waals surface area contributed by atoms with Gasteiger partial charge in [-0.3, -0.25) is 0 Å². The van der Waals surface area contributed by atoms with E-state index in [-0.39, 0.29) is 0 Å². The Morgan fingerprint density at radius 2 is 1.84 bits per heavy atom. The molecule has 0 radical (unpaired) electrons. The van der Waals surface area contributed by atoms with Crippen molar-refractivity contribution in [2.45, 2.75) is 0 Å². The molecule has 19 heavy (non-hydrogen) atoms. The minimum Gasteiger partial charge on any atom is -0.398 e. The van der Waals surface area contributed by atoms with E-state index in [0.717, 1.165) is 28.1 Å². The minimum atomic E-state index is 0.879. The SMILES string of the molecule is C[n+]1c(-c2ccccc2)oc2ccc3[nH]ccc3c21. The maximum Gasteiger partial charge on any atom is 0.381 e. The van der Waals surface area contributed by atoms with Crippen molar-refractivity contribution in [2.24, 2.45) is 7.05 Å². The van der Waals surface area contributed by atoms with Gasteiger partial charge in [-0.05, 0) is 30.3 Å². The van der Waals surface area contributed by atoms with Crippen molar-refractivity contribution in [3.63, 3.8) is 0 Å². The van der Waals surface area contributed by atoms with Crippen molar-refractivity contribution >= 4 is 22.0 Å². The summed E-state index contributed by atoms with van der Waals surface area (Å²) in [5.41, 5.74) is 4.25. The third kappa shape index (κ3) is 1.41. The quantitative estimate of drug-likeness (QED) is 0.515. The van der Waals surface area contributed by atoms with E-state index < -0.39 is 0 Å². The first-order chi connectivity index (χ1) is 9.34. The molecule has 0 saturated carbocycles. The maximum absolute atomic E-state index is 6.01. The van der Waals surface area contributed by atoms with Crippen molar-refractivity contribution < 1.29 is 8.98 Å². The fraction of sp³-hybridized carbons (Fsp3) is 0.0625. The molecule has 0 bridgehead atoms. The molecular weight excluding hydrogens is 236 g/mol. The molecule has 0 aliphatic heterocycles. The second kappa shape index (κ2) is 3.72. The standard InChI is InChI=1S/C16H13N2O/c1-18-15-12-9-10-17-13(12)7-8-14(15)19-16(18)11-5-3-2-4-6-11/h2-10,17H,1H3/q+1. The van der Waals surface area contributed by atoms with E-state index in [4.69, 9.17) is 4.42 Å². The molecule has 2 aromatic heterocycles. The zero-order valence-electron chi connectivity index (χ0n) is 10.6. The van der Waals surface area contributed by atoms with E-state index in [9.17, 15) is 0 Å². The number of oxazole rings is 1. The van der Waals surface area contributed by atoms with Crippen molar-refractivity contribution in [1.29, 1.82) is 0 Å². The van der Waals surface area contributed by atoms with Crippen LogP contribution in [-0.4, -0.2) is 4.98 Å². The number of rotatable bonds is 1. The van der Waals surface area contributed by atoms with Crippen LogP contribution in [0.4, 0.5) is 0 Å². The van der Waals surface area contributed by atoms with Crippen LogP contribution in [0.2, 0.25) is 0 Å². The Kier molecular flexibility index (Phi) is 2.03. The highest BCUT2D eigenvalue weighted by Gasteiger charge is 2.22. The lowest BCUT2D eigenvalue weighted by atomic mass is 10.2. The number of nitrogens with zero attached hydrogens (tertiary/aromatic N) is 1. The summed E-state index contributed by atoms with van der Waals surface area (Å²) < 4.78 is 8.12. The number of H-pyrrole nitrogens is 1. The number of benzene rings is 2. The molecule has 0 spiro atoms. The predicted octanol–water partition coefficient (Wildman–Crippen LogP) is 3.41. The molecule has 2 heterocycles. The Morgan fingerprint density at radius 3 is 2.68 bits per heavy atom. The van der Waals surface area contributed by atoms with Crippen LogP contribution in [0.3, 0.4) is 0 Å². The van der Waals surface area contributed by atoms with Gasteiger partial charge >= 0.3 is 5.89 Å². The molecular formula is C16H13N2O+. The normalized spacial score (nSPS) is 11.4. The first kappa shape index (κ1) is 10.4. The monoisotopic (exact) mass is 249 g/mol. The highest BCUT2D eigenvalue weighted by Crippen LogP contribution is 2.27. The molecule has 0 saturated heterocycles. The predicted molar refractivity (Wildman–Crippen MR) is 74.7 cm³/mol. The Bertz CT molecular complexity index is 872. The summed E-state index contributed by atoms with van der Waals surface area (Å²) in [6, 6.07) is 16.3. The van der Waals surface area contributed by atoms with Crippen molar-refractivity contribution in [3.8, 4) is 11.5 Å². The zero-order valence-corrected chi connectivity index (χ0v) is 10.6. The lowest BCUT2D eigenvalue weighted by Gasteiger charge is -1.91. The van der Waals surface area contributed by atoms with E-state index in [2.05, 4.69) is 33.8 Å². The Labute approximate surface area is 110 Å². The summed E-state index contributed by atoms with van der Waals surface area (Å²) in [6.07, 6.45) is 1.96. The molecule has 4 aromatic rings. The van der Waals surface area contributed by atoms with Gasteiger partial charge in [-0.2, -0.15) is 4.57 Å². The van der Waals surface area contributed by atoms with Crippen LogP contribution >= 0.6 is 0 Å². The minimum absolute atomic E-state index is 0.879. The van der Waals surface area contributed by atoms with Gasteiger partial charge in [0.1, 0.15) is 7.05 Å². The number of fused-ring (bicyclic) bond motifs is 3. The van der Waals surface area contributed by atoms with Crippen LogP contribution in [0.1, 0.15) is 0 Å². The van der Waals surface area contributed by atoms with Gasteiger partial charge in [-0.15, -0.1) is 0 Å². The number of hydrogen-bond acceptors (Lipinski definition) is 1. The molecule has 0 aliphatic rings. The molecule has 0 atom stereocenters. The molecule has 2 aromatic carbocycles. The van der Waals surface area contributed by atoms with Gasteiger partial charge < -0.3 is 9.40 Å². The molecule has 0 aliphatic carbocycles. The summed E-state index contributed by atoms with van der Waals surface area (Å²) in [5, 5.41) is 1.19. The third-order valence-corrected chi connectivity index (χ3v) is 3.54. The zero-order chi connectivity index (χ0) is 12.8. The van der Waals surface area contributed by atoms with E-state index in [1.165, 1.54) is 5.39 Å². The van der Waals surface area contributed by atoms with Gasteiger partial charge in [0, 0.05) is 6.20 Å². The van der Waals surface area contributed by atoms with E-state index in [1.54, 1.807) is 0 Å². The maximum atomic E-state index is 6.01. The molecule has 3 nitrogen and oxygen atoms in total. The van der Waals surface area contributed by atoms with E-state index in [1.807, 2.05) is 37.5 Å². The number of hydrogen-bond donors (Lipinski definition) is 1. The first-order valence-electron chi connectivity index (χ1n) is 6.28. The van der Waals surface area contributed by atoms with Gasteiger partial charge in [0.05, 0.1) is 16.5 Å². The van der Waals surface area contributed by atoms with Crippen LogP contribution < -0.4 is 4.57 Å². The van der Waals surface area contributed by atoms with Crippen LogP contribution in [0.25, 0.3) is 33.5 Å². The van der Waals surface area contributed by atoms with Crippen LogP contribution in [0.15, 0.2) is 59.1 Å². The fourth-order valence-corrected chi connectivity index (χ4v) is 2.63. The Balaban J connectivity index is 2.11. The first-order valence-corrected chi connectivity index (χ1v) is 6.28. The molecule has 0 fully saturated rings. The van der Waals surface area contributed by atoms with E-state index in [0.29, 0.717) is 0 Å². The largest absolute Gasteiger partial charge is 0.398 e. The topological polar surface area (TPSA) is 32.8 Å². The van der Waals surface area contributed by atoms with Crippen LogP contribution in [0, 0.1) is 0 Å². The number of nitrogens with one attached hydrogen (secondary N) is 1. The molecule has 0 unspecified atom stereocenters. The molecule has 0 amide bonds. The van der Waals surface area contributed by atoms with Crippen molar-refractivity contribution in [1.82, 2.24) is 4.98 Å². The fourth-order valence-electron chi connectivity index (χ4n) is 2.63. The third-order valence-electron chi connectivity index (χ3n) is 3.54.